The smallest absolute Gasteiger partial charge is 0.329 e. The van der Waals surface area contributed by atoms with E-state index >= 15 is 0 Å². The lowest BCUT2D eigenvalue weighted by molar-refractivity contribution is -0.676. The Morgan fingerprint density at radius 3 is 2.19 bits per heavy atom. The highest BCUT2D eigenvalue weighted by molar-refractivity contribution is 5.94. The summed E-state index contributed by atoms with van der Waals surface area (Å²) in [5.41, 5.74) is 3.04. The second-order valence-electron chi connectivity index (χ2n) is 6.08. The lowest BCUT2D eigenvalue weighted by Crippen LogP contribution is -2.88. The van der Waals surface area contributed by atoms with Gasteiger partial charge in [-0.1, -0.05) is 60.2 Å². The molecule has 0 radical (unpaired) electrons. The largest absolute Gasteiger partial charge is 0.405 e. The first-order valence-corrected chi connectivity index (χ1v) is 8.34. The van der Waals surface area contributed by atoms with Crippen LogP contribution in [0.5, 0.6) is 0 Å². The number of quaternary nitrogens is 1. The first-order chi connectivity index (χ1) is 12.7. The van der Waals surface area contributed by atoms with Crippen molar-refractivity contribution < 1.29 is 28.1 Å². The Morgan fingerprint density at radius 1 is 1.00 bits per heavy atom. The molecule has 0 spiro atoms. The molecular weight excluding hydrogens is 359 g/mol. The third-order valence-electron chi connectivity index (χ3n) is 3.84. The molecular formula is C19H21F3N3O2+. The molecule has 0 aliphatic heterocycles. The lowest BCUT2D eigenvalue weighted by atomic mass is 9.98. The number of aryl methyl sites for hydroxylation is 1. The van der Waals surface area contributed by atoms with Crippen LogP contribution in [0.15, 0.2) is 54.6 Å². The van der Waals surface area contributed by atoms with E-state index in [1.165, 1.54) is 0 Å². The van der Waals surface area contributed by atoms with Crippen LogP contribution in [0.1, 0.15) is 22.7 Å². The lowest BCUT2D eigenvalue weighted by Gasteiger charge is -2.17. The summed E-state index contributed by atoms with van der Waals surface area (Å²) in [7, 11) is 0. The van der Waals surface area contributed by atoms with Crippen LogP contribution in [-0.4, -0.2) is 31.2 Å². The van der Waals surface area contributed by atoms with Gasteiger partial charge in [0.05, 0.1) is 0 Å². The monoisotopic (exact) mass is 380 g/mol. The molecule has 0 saturated heterocycles. The fourth-order valence-electron chi connectivity index (χ4n) is 2.53. The second-order valence-corrected chi connectivity index (χ2v) is 6.08. The highest BCUT2D eigenvalue weighted by atomic mass is 19.4. The summed E-state index contributed by atoms with van der Waals surface area (Å²) >= 11 is 0. The van der Waals surface area contributed by atoms with Gasteiger partial charge >= 0.3 is 12.2 Å². The Hall–Kier alpha value is -2.87. The minimum Gasteiger partial charge on any atom is -0.329 e. The van der Waals surface area contributed by atoms with Gasteiger partial charge in [0.25, 0.3) is 5.91 Å². The van der Waals surface area contributed by atoms with Crippen molar-refractivity contribution in [1.82, 2.24) is 10.6 Å². The van der Waals surface area contributed by atoms with Gasteiger partial charge in [0.2, 0.25) is 0 Å². The maximum absolute atomic E-state index is 12.1. The van der Waals surface area contributed by atoms with Crippen LogP contribution in [0.4, 0.5) is 18.0 Å². The molecule has 2 aromatic rings. The zero-order valence-corrected chi connectivity index (χ0v) is 14.7. The van der Waals surface area contributed by atoms with E-state index < -0.39 is 24.7 Å². The van der Waals surface area contributed by atoms with Crippen LogP contribution in [0, 0.1) is 6.92 Å². The number of amides is 3. The summed E-state index contributed by atoms with van der Waals surface area (Å²) in [5.74, 6) is -0.678. The number of hydrogen-bond acceptors (Lipinski definition) is 2. The van der Waals surface area contributed by atoms with E-state index in [-0.39, 0.29) is 12.6 Å². The number of imide groups is 1. The van der Waals surface area contributed by atoms with Crippen molar-refractivity contribution >= 4 is 11.9 Å². The molecule has 3 amide bonds. The molecule has 2 aromatic carbocycles. The van der Waals surface area contributed by atoms with Gasteiger partial charge in [0.15, 0.2) is 6.54 Å². The summed E-state index contributed by atoms with van der Waals surface area (Å²) in [6.45, 7) is 0.358. The number of carbonyl (C=O) groups is 2. The van der Waals surface area contributed by atoms with Gasteiger partial charge in [-0.25, -0.2) is 4.79 Å². The van der Waals surface area contributed by atoms with Crippen LogP contribution in [0.2, 0.25) is 0 Å². The van der Waals surface area contributed by atoms with Gasteiger partial charge in [-0.05, 0) is 6.92 Å². The number of nitrogens with one attached hydrogen (secondary N) is 2. The van der Waals surface area contributed by atoms with Crippen molar-refractivity contribution in [3.05, 3.63) is 71.3 Å². The van der Waals surface area contributed by atoms with Gasteiger partial charge in [-0.3, -0.25) is 10.1 Å². The topological polar surface area (TPSA) is 74.8 Å². The number of carbonyl (C=O) groups excluding carboxylic acids is 2. The third kappa shape index (κ3) is 7.10. The van der Waals surface area contributed by atoms with Crippen molar-refractivity contribution in [2.75, 3.05) is 13.1 Å². The number of alkyl halides is 3. The zero-order valence-electron chi connectivity index (χ0n) is 14.7. The third-order valence-corrected chi connectivity index (χ3v) is 3.84. The highest BCUT2D eigenvalue weighted by Crippen LogP contribution is 2.18. The fourth-order valence-corrected chi connectivity index (χ4v) is 2.53. The first-order valence-electron chi connectivity index (χ1n) is 8.34. The predicted octanol–water partition coefficient (Wildman–Crippen LogP) is 2.04. The van der Waals surface area contributed by atoms with E-state index in [2.05, 4.69) is 0 Å². The molecule has 8 heteroatoms. The highest BCUT2D eigenvalue weighted by Gasteiger charge is 2.28. The van der Waals surface area contributed by atoms with Gasteiger partial charge in [0.1, 0.15) is 12.6 Å². The van der Waals surface area contributed by atoms with Crippen molar-refractivity contribution in [2.45, 2.75) is 19.1 Å². The van der Waals surface area contributed by atoms with Gasteiger partial charge in [-0.2, -0.15) is 13.2 Å². The summed E-state index contributed by atoms with van der Waals surface area (Å²) in [5, 5.41) is 5.23. The molecule has 2 rings (SSSR count). The Morgan fingerprint density at radius 2 is 1.59 bits per heavy atom. The maximum Gasteiger partial charge on any atom is 0.405 e. The SMILES string of the molecule is Cc1ccc([C@H]([NH2+]CC(=O)NC(=O)NCC(F)(F)F)c2ccccc2)cc1. The molecule has 0 saturated carbocycles. The quantitative estimate of drug-likeness (QED) is 0.718. The van der Waals surface area contributed by atoms with Crippen LogP contribution >= 0.6 is 0 Å². The normalized spacial score (nSPS) is 12.3. The average molecular weight is 380 g/mol. The summed E-state index contributed by atoms with van der Waals surface area (Å²) in [4.78, 5) is 23.3. The van der Waals surface area contributed by atoms with Crippen molar-refractivity contribution in [2.24, 2.45) is 0 Å². The van der Waals surface area contributed by atoms with Crippen LogP contribution in [0.25, 0.3) is 0 Å². The van der Waals surface area contributed by atoms with Gasteiger partial charge in [-0.15, -0.1) is 0 Å². The standard InChI is InChI=1S/C19H20F3N3O2/c1-13-7-9-15(10-8-13)17(14-5-3-2-4-6-14)23-11-16(26)25-18(27)24-12-19(20,21)22/h2-10,17,23H,11-12H2,1H3,(H2,24,25,26,27)/p+1/t17-/m1/s1. The van der Waals surface area contributed by atoms with E-state index in [0.717, 1.165) is 16.7 Å². The molecule has 0 unspecified atom stereocenters. The van der Waals surface area contributed by atoms with Crippen molar-refractivity contribution in [3.63, 3.8) is 0 Å². The molecule has 144 valence electrons. The van der Waals surface area contributed by atoms with E-state index in [1.807, 2.05) is 66.8 Å². The van der Waals surface area contributed by atoms with E-state index in [9.17, 15) is 22.8 Å². The fraction of sp³-hybridized carbons (Fsp3) is 0.263. The van der Waals surface area contributed by atoms with Crippen LogP contribution < -0.4 is 16.0 Å². The Kier molecular flexibility index (Phi) is 6.95. The molecule has 0 aliphatic carbocycles. The van der Waals surface area contributed by atoms with Gasteiger partial charge < -0.3 is 10.6 Å². The number of urea groups is 1. The van der Waals surface area contributed by atoms with E-state index in [4.69, 9.17) is 0 Å². The Bertz CT molecular complexity index is 762. The first kappa shape index (κ1) is 20.4. The molecule has 0 fully saturated rings. The molecule has 0 bridgehead atoms. The molecule has 0 aromatic heterocycles. The zero-order chi connectivity index (χ0) is 19.9. The van der Waals surface area contributed by atoms with E-state index in [0.29, 0.717) is 0 Å². The van der Waals surface area contributed by atoms with Crippen LogP contribution in [-0.2, 0) is 4.79 Å². The van der Waals surface area contributed by atoms with E-state index in [1.54, 1.807) is 10.6 Å². The number of benzene rings is 2. The number of rotatable bonds is 6. The van der Waals surface area contributed by atoms with Crippen molar-refractivity contribution in [1.29, 1.82) is 0 Å². The molecule has 5 nitrogen and oxygen atoms in total. The molecule has 4 N–H and O–H groups in total. The van der Waals surface area contributed by atoms with Crippen molar-refractivity contribution in [3.8, 4) is 0 Å². The summed E-state index contributed by atoms with van der Waals surface area (Å²) < 4.78 is 36.2. The summed E-state index contributed by atoms with van der Waals surface area (Å²) in [6, 6.07) is 16.0. The molecule has 0 aliphatic rings. The predicted molar refractivity (Wildman–Crippen MR) is 93.9 cm³/mol. The Balaban J connectivity index is 1.98. The second kappa shape index (κ2) is 9.18. The Labute approximate surface area is 155 Å². The van der Waals surface area contributed by atoms with Gasteiger partial charge in [0, 0.05) is 11.1 Å². The minimum atomic E-state index is -4.53. The molecule has 0 heterocycles. The number of hydrogen-bond donors (Lipinski definition) is 3. The average Bonchev–Trinajstić information content (AvgIpc) is 2.62. The maximum atomic E-state index is 12.1. The van der Waals surface area contributed by atoms with Crippen LogP contribution in [0.3, 0.4) is 0 Å². The molecule has 1 atom stereocenters. The minimum absolute atomic E-state index is 0.118. The number of halogens is 3. The molecule has 27 heavy (non-hydrogen) atoms. The summed E-state index contributed by atoms with van der Waals surface area (Å²) in [6.07, 6.45) is -4.53. The number of nitrogens with two attached hydrogens (primary N) is 1.